The van der Waals surface area contributed by atoms with Crippen LogP contribution in [-0.2, 0) is 31.4 Å². The third kappa shape index (κ3) is 20.1. The number of amides is 7. The van der Waals surface area contributed by atoms with E-state index in [1.165, 1.54) is 149 Å². The number of nitrogens with zero attached hydrogens (tertiary/aromatic N) is 9. The number of rotatable bonds is 15. The molecule has 17 rings (SSSR count). The number of anilines is 8. The normalized spacial score (nSPS) is 17.2. The molecule has 13 N–H and O–H groups in total. The van der Waals surface area contributed by atoms with Crippen molar-refractivity contribution < 1.29 is 55.9 Å². The SMILES string of the molecule is CC(=O)c1cccc(F)c1.CC1(c2cccc(F)c2)NC(=O)c2c(Cl)cc(Br)c(=O)n21.CC1(c2cccc(F)c2)NC(=O)c2c(Cl)cc(Nc3cc(NC(=O)C4CC4)ncn3)c(=O)n21.CC1(c2cccc(F)c2)NC(=O)c2c(Cl)cc(Nc3cc(NC(=O)C4CC4)ncn3)c(=O)n21.NC(=O)c1[nH]c(=O)c(Br)cc1Cl.Nc1cc(NC(=O)C2CC2)ncn1. The summed E-state index contributed by atoms with van der Waals surface area (Å²) >= 11 is 30.5. The van der Waals surface area contributed by atoms with Crippen molar-refractivity contribution in [2.75, 3.05) is 32.3 Å². The minimum absolute atomic E-state index is 0.00192. The Bertz CT molecular complexity index is 6170. The summed E-state index contributed by atoms with van der Waals surface area (Å²) in [6, 6.07) is 32.5. The molecule has 0 bridgehead atoms. The van der Waals surface area contributed by atoms with Crippen LogP contribution in [0.4, 0.5) is 63.8 Å². The van der Waals surface area contributed by atoms with Gasteiger partial charge in [0.15, 0.2) is 5.78 Å². The van der Waals surface area contributed by atoms with Gasteiger partial charge in [0.1, 0.15) is 128 Å². The number of halogens is 10. The largest absolute Gasteiger partial charge is 0.384 e. The number of carbonyl (C=O) groups excluding carboxylic acids is 8. The summed E-state index contributed by atoms with van der Waals surface area (Å²) in [7, 11) is 0. The van der Waals surface area contributed by atoms with Gasteiger partial charge >= 0.3 is 0 Å². The average molecular weight is 1880 g/mol. The number of hydrogen-bond donors (Lipinski definition) is 11. The van der Waals surface area contributed by atoms with E-state index in [1.807, 2.05) is 0 Å². The van der Waals surface area contributed by atoms with Gasteiger partial charge in [-0.1, -0.05) is 94.9 Å². The molecule has 4 aromatic carbocycles. The predicted octanol–water partition coefficient (Wildman–Crippen LogP) is 12.2. The highest BCUT2D eigenvalue weighted by molar-refractivity contribution is 9.10. The zero-order valence-electron chi connectivity index (χ0n) is 63.8. The number of ketones is 1. The molecule has 11 aromatic rings. The Hall–Kier alpha value is -12.9. The summed E-state index contributed by atoms with van der Waals surface area (Å²) in [5, 5.41) is 22.4. The molecule has 6 aliphatic rings. The summed E-state index contributed by atoms with van der Waals surface area (Å²) in [6.45, 7) is 6.22. The van der Waals surface area contributed by atoms with Gasteiger partial charge in [-0.3, -0.25) is 71.2 Å². The quantitative estimate of drug-likeness (QED) is 0.0335. The topological polar surface area (TPSA) is 461 Å². The van der Waals surface area contributed by atoms with Crippen molar-refractivity contribution in [3.05, 3.63) is 297 Å². The first-order chi connectivity index (χ1) is 57.8. The second kappa shape index (κ2) is 36.6. The van der Waals surface area contributed by atoms with Gasteiger partial charge in [-0.05, 0) is 171 Å². The minimum atomic E-state index is -1.36. The Balaban J connectivity index is 0.000000142. The number of H-pyrrole nitrogens is 1. The van der Waals surface area contributed by atoms with E-state index in [1.54, 1.807) is 51.1 Å². The van der Waals surface area contributed by atoms with Crippen LogP contribution >= 0.6 is 78.3 Å². The predicted molar refractivity (Wildman–Crippen MR) is 451 cm³/mol. The first-order valence-corrected chi connectivity index (χ1v) is 39.6. The van der Waals surface area contributed by atoms with Crippen molar-refractivity contribution >= 4 is 172 Å². The zero-order chi connectivity index (χ0) is 88.1. The molecule has 3 fully saturated rings. The number of Topliss-reactive ketones (excluding diaryl/α,β-unsaturated/α-hetero) is 1. The number of aromatic amines is 1. The second-order valence-electron chi connectivity index (χ2n) is 28.3. The Morgan fingerprint density at radius 3 is 1.12 bits per heavy atom. The fourth-order valence-electron chi connectivity index (χ4n) is 12.6. The molecule has 7 amide bonds. The molecule has 3 atom stereocenters. The third-order valence-corrected chi connectivity index (χ3v) is 21.5. The molecule has 628 valence electrons. The maximum atomic E-state index is 13.9. The standard InChI is InChI=1S/2C22H18ClFN6O3.C14H9BrClFN2O2.C8H7FO.C8H10N4O.C6H4BrClN2O2/c2*1-22(12-3-2-4-13(24)7-12)29-20(32)18-14(23)8-15(21(33)30(18)22)27-16-9-17(26-10-25-16)28-19(31)11-5-6-11;1-14(7-3-2-4-8(17)5-7)18-12(20)11-10(16)6-9(15)13(21)19(11)14;1-6(10)7-3-2-4-8(9)5-7;9-6-3-7(11-4-10-6)12-8(13)5-1-2-5;7-2-1-3(8)4(5(9)11)10-6(2)12/h2*2-4,7-11H,5-6H2,1H3,(H,29,32)(H2,25,26,27,28,31);2-6H,1H3,(H,18,20);2-5H,1H3;3-5H,1-2H2,(H3,9,10,11,12,13);1H,(H2,9,11)(H,10,12). The molecule has 3 unspecified atom stereocenters. The van der Waals surface area contributed by atoms with E-state index in [2.05, 4.69) is 109 Å². The number of aromatic nitrogens is 10. The van der Waals surface area contributed by atoms with Crippen LogP contribution in [0.5, 0.6) is 0 Å². The van der Waals surface area contributed by atoms with E-state index < -0.39 is 80.3 Å². The Morgan fingerprint density at radius 1 is 0.443 bits per heavy atom. The molecule has 3 saturated carbocycles. The van der Waals surface area contributed by atoms with Crippen LogP contribution < -0.4 is 76.2 Å². The summed E-state index contributed by atoms with van der Waals surface area (Å²) in [5.74, 6) is -2.40. The highest BCUT2D eigenvalue weighted by Gasteiger charge is 2.47. The summed E-state index contributed by atoms with van der Waals surface area (Å²) < 4.78 is 57.8. The number of nitrogen functional groups attached to an aromatic ring is 1. The van der Waals surface area contributed by atoms with Crippen LogP contribution in [0.3, 0.4) is 0 Å². The number of primary amides is 1. The number of nitrogens with two attached hydrogens (primary N) is 2. The summed E-state index contributed by atoms with van der Waals surface area (Å²) in [4.78, 5) is 170. The van der Waals surface area contributed by atoms with Gasteiger partial charge in [-0.15, -0.1) is 0 Å². The maximum Gasteiger partial charge on any atom is 0.277 e. The average Bonchev–Trinajstić information content (AvgIpc) is 1.58. The van der Waals surface area contributed by atoms with Crippen molar-refractivity contribution in [1.29, 1.82) is 0 Å². The van der Waals surface area contributed by atoms with E-state index in [0.29, 0.717) is 45.5 Å². The summed E-state index contributed by atoms with van der Waals surface area (Å²) in [5.41, 5.74) is 6.07. The lowest BCUT2D eigenvalue weighted by Gasteiger charge is -2.28. The molecular weight excluding hydrogens is 1810 g/mol. The molecule has 3 aliphatic heterocycles. The smallest absolute Gasteiger partial charge is 0.277 e. The lowest BCUT2D eigenvalue weighted by molar-refractivity contribution is -0.118. The molecule has 32 nitrogen and oxygen atoms in total. The van der Waals surface area contributed by atoms with E-state index in [0.717, 1.165) is 38.5 Å². The Morgan fingerprint density at radius 2 is 0.779 bits per heavy atom. The van der Waals surface area contributed by atoms with Gasteiger partial charge in [0, 0.05) is 58.2 Å². The van der Waals surface area contributed by atoms with Crippen LogP contribution in [-0.4, -0.2) is 95.7 Å². The lowest BCUT2D eigenvalue weighted by atomic mass is 10.0. The molecule has 3 aliphatic carbocycles. The molecule has 0 spiro atoms. The van der Waals surface area contributed by atoms with Crippen LogP contribution in [0.15, 0.2) is 187 Å². The maximum absolute atomic E-state index is 13.9. The van der Waals surface area contributed by atoms with Crippen LogP contribution in [0.1, 0.15) is 135 Å². The van der Waals surface area contributed by atoms with Crippen molar-refractivity contribution in [2.24, 2.45) is 23.5 Å². The summed E-state index contributed by atoms with van der Waals surface area (Å²) in [6.07, 6.45) is 9.19. The number of pyridine rings is 4. The van der Waals surface area contributed by atoms with Crippen molar-refractivity contribution in [2.45, 2.75) is 83.2 Å². The first kappa shape index (κ1) is 88.4. The third-order valence-electron chi connectivity index (χ3n) is 19.2. The molecule has 7 aromatic heterocycles. The van der Waals surface area contributed by atoms with Crippen molar-refractivity contribution in [3.8, 4) is 0 Å². The van der Waals surface area contributed by atoms with Crippen LogP contribution in [0.2, 0.25) is 20.1 Å². The van der Waals surface area contributed by atoms with Gasteiger partial charge in [0.25, 0.3) is 45.9 Å². The van der Waals surface area contributed by atoms with E-state index in [9.17, 15) is 75.1 Å². The number of benzene rings is 4. The number of nitrogens with one attached hydrogen (secondary N) is 9. The van der Waals surface area contributed by atoms with Gasteiger partial charge in [0.05, 0.1) is 29.0 Å². The van der Waals surface area contributed by atoms with Crippen LogP contribution in [0.25, 0.3) is 0 Å². The van der Waals surface area contributed by atoms with Crippen molar-refractivity contribution in [3.63, 3.8) is 0 Å². The van der Waals surface area contributed by atoms with E-state index in [-0.39, 0.29) is 122 Å². The fourth-order valence-corrected chi connectivity index (χ4v) is 14.7. The Labute approximate surface area is 723 Å². The highest BCUT2D eigenvalue weighted by Crippen LogP contribution is 2.39. The highest BCUT2D eigenvalue weighted by atomic mass is 79.9. The number of carbonyl (C=O) groups is 8. The molecule has 10 heterocycles. The van der Waals surface area contributed by atoms with Crippen LogP contribution in [0, 0.1) is 41.0 Å². The van der Waals surface area contributed by atoms with Gasteiger partial charge in [-0.25, -0.2) is 47.5 Å². The number of hydrogen-bond acceptors (Lipinski definition) is 21. The van der Waals surface area contributed by atoms with E-state index >= 15 is 0 Å². The van der Waals surface area contributed by atoms with E-state index in [4.69, 9.17) is 57.9 Å². The lowest BCUT2D eigenvalue weighted by Crippen LogP contribution is -2.46. The first-order valence-electron chi connectivity index (χ1n) is 36.5. The minimum Gasteiger partial charge on any atom is -0.384 e. The van der Waals surface area contributed by atoms with Crippen molar-refractivity contribution in [1.82, 2.24) is 64.5 Å². The molecule has 42 heteroatoms. The molecule has 122 heavy (non-hydrogen) atoms. The molecule has 0 saturated heterocycles. The monoisotopic (exact) mass is 1870 g/mol. The second-order valence-corrected chi connectivity index (χ2v) is 31.6. The Kier molecular flexibility index (Phi) is 26.5. The molecule has 0 radical (unpaired) electrons. The number of fused-ring (bicyclic) bond motifs is 3. The van der Waals surface area contributed by atoms with Gasteiger partial charge < -0.3 is 59.0 Å². The van der Waals surface area contributed by atoms with Gasteiger partial charge in [0.2, 0.25) is 17.7 Å². The van der Waals surface area contributed by atoms with Gasteiger partial charge in [-0.2, -0.15) is 0 Å². The zero-order valence-corrected chi connectivity index (χ0v) is 70.0. The fraction of sp³-hybridized carbons (Fsp3) is 0.200. The molecular formula is C80H66Br2Cl4F4N20O12.